The maximum Gasteiger partial charge on any atom is 0.230 e. The van der Waals surface area contributed by atoms with Crippen LogP contribution in [0.2, 0.25) is 0 Å². The van der Waals surface area contributed by atoms with Gasteiger partial charge in [0.15, 0.2) is 0 Å². The van der Waals surface area contributed by atoms with Crippen LogP contribution in [0.3, 0.4) is 0 Å². The molecule has 2 aliphatic rings. The molecular formula is C19H27BrN2O4S. The van der Waals surface area contributed by atoms with Crippen LogP contribution in [0.25, 0.3) is 0 Å². The van der Waals surface area contributed by atoms with Gasteiger partial charge in [-0.2, -0.15) is 0 Å². The third kappa shape index (κ3) is 4.91. The van der Waals surface area contributed by atoms with Gasteiger partial charge in [-0.05, 0) is 49.3 Å². The van der Waals surface area contributed by atoms with E-state index in [1.54, 1.807) is 0 Å². The monoisotopic (exact) mass is 458 g/mol. The van der Waals surface area contributed by atoms with E-state index in [1.165, 1.54) is 10.6 Å². The van der Waals surface area contributed by atoms with Gasteiger partial charge in [0.25, 0.3) is 0 Å². The summed E-state index contributed by atoms with van der Waals surface area (Å²) >= 11 is 3.45. The number of hydrogen-bond acceptors (Lipinski definition) is 4. The molecule has 0 saturated carbocycles. The fourth-order valence-corrected chi connectivity index (χ4v) is 5.13. The first-order chi connectivity index (χ1) is 12.8. The van der Waals surface area contributed by atoms with Crippen LogP contribution in [-0.2, 0) is 25.0 Å². The van der Waals surface area contributed by atoms with Gasteiger partial charge in [-0.1, -0.05) is 28.1 Å². The molecule has 150 valence electrons. The van der Waals surface area contributed by atoms with Crippen LogP contribution < -0.4 is 5.32 Å². The van der Waals surface area contributed by atoms with E-state index >= 15 is 0 Å². The number of hydrogen-bond donors (Lipinski definition) is 1. The molecular weight excluding hydrogens is 432 g/mol. The van der Waals surface area contributed by atoms with Gasteiger partial charge in [-0.25, -0.2) is 12.7 Å². The van der Waals surface area contributed by atoms with Crippen molar-refractivity contribution in [1.29, 1.82) is 0 Å². The van der Waals surface area contributed by atoms with Gasteiger partial charge in [0.1, 0.15) is 0 Å². The molecule has 1 amide bonds. The van der Waals surface area contributed by atoms with E-state index in [4.69, 9.17) is 4.74 Å². The molecule has 0 bridgehead atoms. The summed E-state index contributed by atoms with van der Waals surface area (Å²) < 4.78 is 31.3. The molecule has 6 nitrogen and oxygen atoms in total. The van der Waals surface area contributed by atoms with Gasteiger partial charge in [-0.3, -0.25) is 4.79 Å². The highest BCUT2D eigenvalue weighted by molar-refractivity contribution is 9.10. The highest BCUT2D eigenvalue weighted by Gasteiger charge is 2.41. The molecule has 0 radical (unpaired) electrons. The minimum atomic E-state index is -3.12. The number of nitrogens with zero attached hydrogens (tertiary/aromatic N) is 1. The second-order valence-electron chi connectivity index (χ2n) is 7.52. The van der Waals surface area contributed by atoms with Crippen LogP contribution >= 0.6 is 15.9 Å². The fourth-order valence-electron chi connectivity index (χ4n) is 3.99. The summed E-state index contributed by atoms with van der Waals surface area (Å²) in [6.45, 7) is 2.82. The van der Waals surface area contributed by atoms with Crippen molar-refractivity contribution in [3.05, 3.63) is 34.3 Å². The molecule has 0 unspecified atom stereocenters. The number of halogens is 1. The number of sulfonamides is 1. The first-order valence-corrected chi connectivity index (χ1v) is 12.0. The molecule has 3 rings (SSSR count). The topological polar surface area (TPSA) is 75.7 Å². The molecule has 0 atom stereocenters. The summed E-state index contributed by atoms with van der Waals surface area (Å²) in [7, 11) is -3.12. The maximum atomic E-state index is 13.2. The first kappa shape index (κ1) is 20.8. The van der Waals surface area contributed by atoms with Crippen molar-refractivity contribution in [2.24, 2.45) is 5.92 Å². The standard InChI is InChI=1S/C19H27BrN2O4S/c1-27(24,25)22-10-6-15(7-11-22)14-21-18(23)19(8-12-26-13-9-19)16-2-4-17(20)5-3-16/h2-5,15H,6-14H2,1H3,(H,21,23). The fraction of sp³-hybridized carbons (Fsp3) is 0.632. The van der Waals surface area contributed by atoms with E-state index in [1.807, 2.05) is 24.3 Å². The summed E-state index contributed by atoms with van der Waals surface area (Å²) in [4.78, 5) is 13.2. The van der Waals surface area contributed by atoms with E-state index in [9.17, 15) is 13.2 Å². The van der Waals surface area contributed by atoms with Crippen LogP contribution in [0.4, 0.5) is 0 Å². The molecule has 8 heteroatoms. The molecule has 2 heterocycles. The summed E-state index contributed by atoms with van der Waals surface area (Å²) in [5.74, 6) is 0.368. The largest absolute Gasteiger partial charge is 0.381 e. The van der Waals surface area contributed by atoms with Crippen molar-refractivity contribution < 1.29 is 17.9 Å². The Labute approximate surface area is 169 Å². The molecule has 1 aromatic carbocycles. The predicted octanol–water partition coefficient (Wildman–Crippen LogP) is 2.29. The van der Waals surface area contributed by atoms with Crippen molar-refractivity contribution in [2.45, 2.75) is 31.1 Å². The van der Waals surface area contributed by atoms with Crippen molar-refractivity contribution in [3.63, 3.8) is 0 Å². The predicted molar refractivity (Wildman–Crippen MR) is 108 cm³/mol. The SMILES string of the molecule is CS(=O)(=O)N1CCC(CNC(=O)C2(c3ccc(Br)cc3)CCOCC2)CC1. The van der Waals surface area contributed by atoms with Crippen molar-refractivity contribution in [2.75, 3.05) is 39.1 Å². The number of rotatable bonds is 5. The Morgan fingerprint density at radius 2 is 1.81 bits per heavy atom. The van der Waals surface area contributed by atoms with Crippen LogP contribution in [0.5, 0.6) is 0 Å². The third-order valence-corrected chi connectivity index (χ3v) is 7.60. The molecule has 2 saturated heterocycles. The van der Waals surface area contributed by atoms with E-state index in [-0.39, 0.29) is 5.91 Å². The second kappa shape index (κ2) is 8.59. The maximum absolute atomic E-state index is 13.2. The number of piperidine rings is 1. The normalized spacial score (nSPS) is 21.7. The van der Waals surface area contributed by atoms with E-state index < -0.39 is 15.4 Å². The van der Waals surface area contributed by atoms with Gasteiger partial charge in [0.2, 0.25) is 15.9 Å². The van der Waals surface area contributed by atoms with Crippen LogP contribution in [0.1, 0.15) is 31.2 Å². The molecule has 0 aliphatic carbocycles. The Hall–Kier alpha value is -0.960. The number of amides is 1. The minimum absolute atomic E-state index is 0.0543. The van der Waals surface area contributed by atoms with Crippen molar-refractivity contribution >= 4 is 31.9 Å². The van der Waals surface area contributed by atoms with Gasteiger partial charge in [0, 0.05) is 37.3 Å². The number of ether oxygens (including phenoxy) is 1. The van der Waals surface area contributed by atoms with Crippen LogP contribution in [0, 0.1) is 5.92 Å². The average molecular weight is 459 g/mol. The molecule has 2 aliphatic heterocycles. The summed E-state index contributed by atoms with van der Waals surface area (Å²) in [5.41, 5.74) is 0.477. The van der Waals surface area contributed by atoms with Gasteiger partial charge in [-0.15, -0.1) is 0 Å². The Morgan fingerprint density at radius 1 is 1.22 bits per heavy atom. The molecule has 0 aromatic heterocycles. The lowest BCUT2D eigenvalue weighted by Crippen LogP contribution is -2.50. The minimum Gasteiger partial charge on any atom is -0.381 e. The number of carbonyl (C=O) groups excluding carboxylic acids is 1. The highest BCUT2D eigenvalue weighted by atomic mass is 79.9. The van der Waals surface area contributed by atoms with E-state index in [2.05, 4.69) is 21.2 Å². The number of carbonyl (C=O) groups is 1. The Balaban J connectivity index is 1.63. The summed E-state index contributed by atoms with van der Waals surface area (Å²) in [6.07, 6.45) is 4.16. The zero-order valence-corrected chi connectivity index (χ0v) is 18.0. The quantitative estimate of drug-likeness (QED) is 0.733. The van der Waals surface area contributed by atoms with Gasteiger partial charge < -0.3 is 10.1 Å². The van der Waals surface area contributed by atoms with Crippen molar-refractivity contribution in [1.82, 2.24) is 9.62 Å². The highest BCUT2D eigenvalue weighted by Crippen LogP contribution is 2.36. The van der Waals surface area contributed by atoms with Gasteiger partial charge in [0.05, 0.1) is 11.7 Å². The molecule has 1 aromatic rings. The number of benzene rings is 1. The zero-order chi connectivity index (χ0) is 19.5. The van der Waals surface area contributed by atoms with E-state index in [0.29, 0.717) is 51.6 Å². The zero-order valence-electron chi connectivity index (χ0n) is 15.6. The molecule has 2 fully saturated rings. The van der Waals surface area contributed by atoms with E-state index in [0.717, 1.165) is 22.9 Å². The first-order valence-electron chi connectivity index (χ1n) is 9.38. The molecule has 27 heavy (non-hydrogen) atoms. The smallest absolute Gasteiger partial charge is 0.230 e. The summed E-state index contributed by atoms with van der Waals surface area (Å²) in [6, 6.07) is 7.97. The lowest BCUT2D eigenvalue weighted by atomic mass is 9.73. The lowest BCUT2D eigenvalue weighted by molar-refractivity contribution is -0.130. The molecule has 1 N–H and O–H groups in total. The van der Waals surface area contributed by atoms with Gasteiger partial charge >= 0.3 is 0 Å². The lowest BCUT2D eigenvalue weighted by Gasteiger charge is -2.37. The second-order valence-corrected chi connectivity index (χ2v) is 10.4. The Bertz CT molecular complexity index is 752. The average Bonchev–Trinajstić information content (AvgIpc) is 2.67. The van der Waals surface area contributed by atoms with Crippen LogP contribution in [0.15, 0.2) is 28.7 Å². The number of nitrogens with one attached hydrogen (secondary N) is 1. The molecule has 0 spiro atoms. The summed E-state index contributed by atoms with van der Waals surface area (Å²) in [5, 5.41) is 3.16. The van der Waals surface area contributed by atoms with Crippen LogP contribution in [-0.4, -0.2) is 57.7 Å². The Morgan fingerprint density at radius 3 is 2.37 bits per heavy atom. The third-order valence-electron chi connectivity index (χ3n) is 5.77. The van der Waals surface area contributed by atoms with Crippen molar-refractivity contribution in [3.8, 4) is 0 Å². The Kier molecular flexibility index (Phi) is 6.61.